The van der Waals surface area contributed by atoms with Crippen LogP contribution in [0.15, 0.2) is 83.7 Å². The number of hydrogen-bond acceptors (Lipinski definition) is 4. The van der Waals surface area contributed by atoms with Crippen molar-refractivity contribution in [2.45, 2.75) is 13.3 Å². The monoisotopic (exact) mass is 413 g/mol. The minimum atomic E-state index is -0.115. The van der Waals surface area contributed by atoms with Crippen molar-refractivity contribution in [3.05, 3.63) is 101 Å². The quantitative estimate of drug-likeness (QED) is 0.389. The van der Waals surface area contributed by atoms with Crippen LogP contribution in [0.1, 0.15) is 21.6 Å². The molecule has 1 aromatic heterocycles. The number of hydrogen-bond donors (Lipinski definition) is 2. The first-order valence-electron chi connectivity index (χ1n) is 9.87. The maximum Gasteiger partial charge on any atom is 0.256 e. The molecule has 0 aliphatic carbocycles. The molecule has 4 rings (SSSR count). The van der Waals surface area contributed by atoms with Crippen molar-refractivity contribution in [3.63, 3.8) is 0 Å². The molecule has 0 unspecified atom stereocenters. The lowest BCUT2D eigenvalue weighted by Crippen LogP contribution is -2.13. The Balaban J connectivity index is 1.41. The first kappa shape index (κ1) is 19.9. The fourth-order valence-corrected chi connectivity index (χ4v) is 3.82. The molecule has 150 valence electrons. The number of thiazole rings is 1. The molecule has 4 nitrogen and oxygen atoms in total. The number of aromatic nitrogens is 1. The Bertz CT molecular complexity index is 1100. The minimum absolute atomic E-state index is 0.115. The van der Waals surface area contributed by atoms with Gasteiger partial charge in [-0.2, -0.15) is 0 Å². The number of anilines is 2. The van der Waals surface area contributed by atoms with Crippen molar-refractivity contribution in [3.8, 4) is 11.1 Å². The lowest BCUT2D eigenvalue weighted by atomic mass is 9.98. The smallest absolute Gasteiger partial charge is 0.256 e. The van der Waals surface area contributed by atoms with Crippen molar-refractivity contribution in [2.24, 2.45) is 0 Å². The molecule has 0 spiro atoms. The average Bonchev–Trinajstić information content (AvgIpc) is 3.29. The van der Waals surface area contributed by atoms with Gasteiger partial charge in [0, 0.05) is 35.3 Å². The predicted molar refractivity (Wildman–Crippen MR) is 125 cm³/mol. The Morgan fingerprint density at radius 1 is 0.933 bits per heavy atom. The molecule has 1 heterocycles. The van der Waals surface area contributed by atoms with Crippen LogP contribution in [0, 0.1) is 6.92 Å². The fourth-order valence-electron chi connectivity index (χ4n) is 3.23. The van der Waals surface area contributed by atoms with Crippen LogP contribution < -0.4 is 10.6 Å². The van der Waals surface area contributed by atoms with Crippen LogP contribution in [0.5, 0.6) is 0 Å². The van der Waals surface area contributed by atoms with E-state index in [0.29, 0.717) is 5.56 Å². The average molecular weight is 414 g/mol. The first-order chi connectivity index (χ1) is 14.7. The second-order valence-corrected chi connectivity index (χ2v) is 7.82. The maximum atomic E-state index is 12.9. The second-order valence-electron chi connectivity index (χ2n) is 7.10. The van der Waals surface area contributed by atoms with Crippen molar-refractivity contribution >= 4 is 28.6 Å². The summed E-state index contributed by atoms with van der Waals surface area (Å²) in [5, 5.41) is 8.46. The maximum absolute atomic E-state index is 12.9. The summed E-state index contributed by atoms with van der Waals surface area (Å²) in [5.41, 5.74) is 8.55. The van der Waals surface area contributed by atoms with E-state index in [1.54, 1.807) is 11.3 Å². The van der Waals surface area contributed by atoms with E-state index in [9.17, 15) is 4.79 Å². The van der Waals surface area contributed by atoms with Crippen LogP contribution in [0.25, 0.3) is 11.1 Å². The number of amides is 1. The number of rotatable bonds is 7. The molecule has 0 bridgehead atoms. The van der Waals surface area contributed by atoms with E-state index in [1.807, 2.05) is 66.2 Å². The van der Waals surface area contributed by atoms with Crippen LogP contribution in [-0.4, -0.2) is 17.4 Å². The Labute approximate surface area is 180 Å². The third-order valence-corrected chi connectivity index (χ3v) is 5.51. The zero-order valence-electron chi connectivity index (χ0n) is 16.8. The zero-order chi connectivity index (χ0) is 20.8. The first-order valence-corrected chi connectivity index (χ1v) is 10.8. The summed E-state index contributed by atoms with van der Waals surface area (Å²) in [5.74, 6) is -0.115. The molecule has 4 aromatic rings. The zero-order valence-corrected chi connectivity index (χ0v) is 17.6. The van der Waals surface area contributed by atoms with Gasteiger partial charge in [0.15, 0.2) is 0 Å². The van der Waals surface area contributed by atoms with E-state index in [-0.39, 0.29) is 5.91 Å². The van der Waals surface area contributed by atoms with Gasteiger partial charge in [-0.3, -0.25) is 4.79 Å². The number of carbonyl (C=O) groups excluding carboxylic acids is 1. The Morgan fingerprint density at radius 3 is 2.40 bits per heavy atom. The van der Waals surface area contributed by atoms with Gasteiger partial charge in [-0.1, -0.05) is 48.0 Å². The molecule has 0 saturated heterocycles. The Morgan fingerprint density at radius 2 is 1.67 bits per heavy atom. The molecule has 0 atom stereocenters. The highest BCUT2D eigenvalue weighted by Gasteiger charge is 2.12. The van der Waals surface area contributed by atoms with E-state index >= 15 is 0 Å². The lowest BCUT2D eigenvalue weighted by Gasteiger charge is -2.12. The topological polar surface area (TPSA) is 54.0 Å². The third kappa shape index (κ3) is 4.93. The van der Waals surface area contributed by atoms with Gasteiger partial charge in [0.25, 0.3) is 5.91 Å². The van der Waals surface area contributed by atoms with Crippen LogP contribution >= 0.6 is 11.3 Å². The van der Waals surface area contributed by atoms with Crippen LogP contribution in [0.4, 0.5) is 11.4 Å². The molecule has 30 heavy (non-hydrogen) atoms. The SMILES string of the molecule is Cc1ccc(-c2ccccc2C(=O)Nc2ccc(NCCc3cscn3)cc2)cc1. The highest BCUT2D eigenvalue weighted by molar-refractivity contribution is 7.07. The van der Waals surface area contributed by atoms with Gasteiger partial charge in [0.2, 0.25) is 0 Å². The molecule has 2 N–H and O–H groups in total. The normalized spacial score (nSPS) is 10.6. The summed E-state index contributed by atoms with van der Waals surface area (Å²) in [6, 6.07) is 23.7. The van der Waals surface area contributed by atoms with Crippen molar-refractivity contribution in [2.75, 3.05) is 17.2 Å². The number of aryl methyl sites for hydroxylation is 1. The van der Waals surface area contributed by atoms with Gasteiger partial charge in [0.05, 0.1) is 11.2 Å². The Hall–Kier alpha value is -3.44. The number of nitrogens with one attached hydrogen (secondary N) is 2. The van der Waals surface area contributed by atoms with Crippen molar-refractivity contribution < 1.29 is 4.79 Å². The number of benzene rings is 3. The summed E-state index contributed by atoms with van der Waals surface area (Å²) in [4.78, 5) is 17.2. The van der Waals surface area contributed by atoms with E-state index in [0.717, 1.165) is 41.2 Å². The molecule has 3 aromatic carbocycles. The molecule has 5 heteroatoms. The molecule has 0 fully saturated rings. The van der Waals surface area contributed by atoms with Gasteiger partial charge in [-0.05, 0) is 48.4 Å². The van der Waals surface area contributed by atoms with Crippen molar-refractivity contribution in [1.29, 1.82) is 0 Å². The Kier molecular flexibility index (Phi) is 6.20. The van der Waals surface area contributed by atoms with Crippen molar-refractivity contribution in [1.82, 2.24) is 4.98 Å². The van der Waals surface area contributed by atoms with Gasteiger partial charge >= 0.3 is 0 Å². The number of nitrogens with zero attached hydrogens (tertiary/aromatic N) is 1. The predicted octanol–water partition coefficient (Wildman–Crippen LogP) is 6.03. The molecule has 0 saturated carbocycles. The van der Waals surface area contributed by atoms with E-state index in [4.69, 9.17) is 0 Å². The molecule has 0 aliphatic heterocycles. The summed E-state index contributed by atoms with van der Waals surface area (Å²) in [7, 11) is 0. The summed E-state index contributed by atoms with van der Waals surface area (Å²) in [6.45, 7) is 2.87. The highest BCUT2D eigenvalue weighted by atomic mass is 32.1. The number of carbonyl (C=O) groups is 1. The van der Waals surface area contributed by atoms with Gasteiger partial charge < -0.3 is 10.6 Å². The highest BCUT2D eigenvalue weighted by Crippen LogP contribution is 2.25. The third-order valence-electron chi connectivity index (χ3n) is 4.87. The fraction of sp³-hybridized carbons (Fsp3) is 0.120. The summed E-state index contributed by atoms with van der Waals surface area (Å²) in [6.07, 6.45) is 0.887. The molecular weight excluding hydrogens is 390 g/mol. The standard InChI is InChI=1S/C25H23N3OS/c1-18-6-8-19(9-7-18)23-4-2-3-5-24(23)25(29)28-21-12-10-20(11-13-21)26-15-14-22-16-30-17-27-22/h2-13,16-17,26H,14-15H2,1H3,(H,28,29). The summed E-state index contributed by atoms with van der Waals surface area (Å²) >= 11 is 1.61. The van der Waals surface area contributed by atoms with Gasteiger partial charge in [-0.25, -0.2) is 4.98 Å². The largest absolute Gasteiger partial charge is 0.385 e. The van der Waals surface area contributed by atoms with Gasteiger partial charge in [-0.15, -0.1) is 11.3 Å². The van der Waals surface area contributed by atoms with Gasteiger partial charge in [0.1, 0.15) is 0 Å². The van der Waals surface area contributed by atoms with Crippen LogP contribution in [0.3, 0.4) is 0 Å². The lowest BCUT2D eigenvalue weighted by molar-refractivity contribution is 0.102. The molecule has 1 amide bonds. The summed E-state index contributed by atoms with van der Waals surface area (Å²) < 4.78 is 0. The second kappa shape index (κ2) is 9.37. The van der Waals surface area contributed by atoms with Crippen LogP contribution in [-0.2, 0) is 6.42 Å². The molecule has 0 aliphatic rings. The van der Waals surface area contributed by atoms with Crippen LogP contribution in [0.2, 0.25) is 0 Å². The molecule has 0 radical (unpaired) electrons. The van der Waals surface area contributed by atoms with E-state index in [1.165, 1.54) is 5.56 Å². The minimum Gasteiger partial charge on any atom is -0.385 e. The molecular formula is C25H23N3OS. The van der Waals surface area contributed by atoms with E-state index < -0.39 is 0 Å². The van der Waals surface area contributed by atoms with E-state index in [2.05, 4.69) is 40.1 Å².